The zero-order valence-corrected chi connectivity index (χ0v) is 35.3. The second-order valence-corrected chi connectivity index (χ2v) is 15.3. The number of aryl methyl sites for hydroxylation is 1. The molecule has 1 aromatic carbocycles. The molecule has 7 aromatic rings. The zero-order valence-electron chi connectivity index (χ0n) is 35.3. The first-order valence-corrected chi connectivity index (χ1v) is 20.9. The predicted molar refractivity (Wildman–Crippen MR) is 234 cm³/mol. The molecule has 318 valence electrons. The highest BCUT2D eigenvalue weighted by Crippen LogP contribution is 2.31. The van der Waals surface area contributed by atoms with Crippen molar-refractivity contribution in [1.29, 1.82) is 0 Å². The normalized spacial score (nSPS) is 15.3. The van der Waals surface area contributed by atoms with Crippen LogP contribution in [0.5, 0.6) is 11.6 Å². The van der Waals surface area contributed by atoms with Crippen LogP contribution in [0.4, 0.5) is 0 Å². The second-order valence-electron chi connectivity index (χ2n) is 15.3. The van der Waals surface area contributed by atoms with Gasteiger partial charge in [-0.05, 0) is 82.2 Å². The SMILES string of the molecule is C#Cc1cc(C2CCCN2CCN(C)Cc2ccc3c(n2)OCCO3)nc(-n2ccnc2)n1.Cc1cc(C(C)NCCNCc2ccc3ncncc3c2)nc(-n2ccnc2)n1. The van der Waals surface area contributed by atoms with Gasteiger partial charge in [-0.2, -0.15) is 0 Å². The summed E-state index contributed by atoms with van der Waals surface area (Å²) in [5.41, 5.74) is 6.62. The third-order valence-corrected chi connectivity index (χ3v) is 10.7. The molecule has 17 nitrogen and oxygen atoms in total. The van der Waals surface area contributed by atoms with Crippen molar-refractivity contribution < 1.29 is 9.47 Å². The van der Waals surface area contributed by atoms with E-state index in [-0.39, 0.29) is 12.1 Å². The molecular formula is C45H51N15O2. The number of hydrogen-bond donors (Lipinski definition) is 2. The number of aromatic nitrogens is 11. The van der Waals surface area contributed by atoms with Gasteiger partial charge in [-0.3, -0.25) is 18.9 Å². The monoisotopic (exact) mass is 833 g/mol. The standard InChI is InChI=1S/C24H27N7O2.C21H24N8/c1-3-18-15-20(28-24(27-18)31-10-8-25-17-31)21-5-4-9-30(21)12-11-29(2)16-19-6-7-22-23(26-19)33-14-13-32-22;1-15-9-20(28-21(27-15)29-8-7-23-14-29)16(2)25-6-5-22-11-17-3-4-19-18(10-17)12-24-13-26-19/h1,6-8,10,15,17,21H,4-5,9,11-14,16H2,2H3;3-4,7-10,12-14,16,22,25H,5-6,11H2,1-2H3. The number of benzene rings is 1. The lowest BCUT2D eigenvalue weighted by molar-refractivity contribution is 0.163. The van der Waals surface area contributed by atoms with E-state index < -0.39 is 0 Å². The Hall–Kier alpha value is -6.71. The van der Waals surface area contributed by atoms with Gasteiger partial charge in [-0.25, -0.2) is 44.9 Å². The Morgan fingerprint density at radius 3 is 2.55 bits per heavy atom. The van der Waals surface area contributed by atoms with Crippen LogP contribution in [0.2, 0.25) is 0 Å². The highest BCUT2D eigenvalue weighted by molar-refractivity contribution is 5.77. The van der Waals surface area contributed by atoms with Crippen molar-refractivity contribution in [3.05, 3.63) is 126 Å². The van der Waals surface area contributed by atoms with E-state index >= 15 is 0 Å². The van der Waals surface area contributed by atoms with Crippen molar-refractivity contribution in [2.24, 2.45) is 0 Å². The fraction of sp³-hybridized carbons (Fsp3) is 0.356. The minimum Gasteiger partial charge on any atom is -0.484 e. The summed E-state index contributed by atoms with van der Waals surface area (Å²) < 4.78 is 14.8. The number of nitrogens with one attached hydrogen (secondary N) is 2. The average molecular weight is 834 g/mol. The van der Waals surface area contributed by atoms with Gasteiger partial charge >= 0.3 is 0 Å². The van der Waals surface area contributed by atoms with Gasteiger partial charge in [0.2, 0.25) is 11.9 Å². The van der Waals surface area contributed by atoms with E-state index in [1.54, 1.807) is 35.9 Å². The molecule has 0 amide bonds. The van der Waals surface area contributed by atoms with E-state index in [1.807, 2.05) is 60.4 Å². The summed E-state index contributed by atoms with van der Waals surface area (Å²) in [6.07, 6.45) is 21.8. The van der Waals surface area contributed by atoms with Gasteiger partial charge in [0.15, 0.2) is 5.75 Å². The van der Waals surface area contributed by atoms with Crippen LogP contribution in [0.25, 0.3) is 22.8 Å². The Morgan fingerprint density at radius 2 is 1.74 bits per heavy atom. The van der Waals surface area contributed by atoms with Crippen LogP contribution >= 0.6 is 0 Å². The summed E-state index contributed by atoms with van der Waals surface area (Å²) >= 11 is 0. The summed E-state index contributed by atoms with van der Waals surface area (Å²) in [7, 11) is 2.11. The average Bonchev–Trinajstić information content (AvgIpc) is 4.13. The van der Waals surface area contributed by atoms with Crippen molar-refractivity contribution in [2.45, 2.75) is 51.9 Å². The minimum absolute atomic E-state index is 0.124. The van der Waals surface area contributed by atoms with E-state index in [1.165, 1.54) is 5.56 Å². The molecular weight excluding hydrogens is 783 g/mol. The summed E-state index contributed by atoms with van der Waals surface area (Å²) in [4.78, 5) is 44.3. The summed E-state index contributed by atoms with van der Waals surface area (Å²) in [5, 5.41) is 8.05. The molecule has 0 spiro atoms. The van der Waals surface area contributed by atoms with Crippen LogP contribution in [0, 0.1) is 19.3 Å². The third-order valence-electron chi connectivity index (χ3n) is 10.7. The molecule has 17 heteroatoms. The number of terminal acetylenes is 1. The lowest BCUT2D eigenvalue weighted by Crippen LogP contribution is -2.33. The predicted octanol–water partition coefficient (Wildman–Crippen LogP) is 4.43. The molecule has 0 saturated carbocycles. The number of rotatable bonds is 15. The van der Waals surface area contributed by atoms with Gasteiger partial charge in [0.05, 0.1) is 28.6 Å². The molecule has 1 fully saturated rings. The van der Waals surface area contributed by atoms with Gasteiger partial charge in [0, 0.05) is 87.4 Å². The highest BCUT2D eigenvalue weighted by Gasteiger charge is 2.28. The van der Waals surface area contributed by atoms with Crippen LogP contribution in [-0.4, -0.2) is 117 Å². The molecule has 0 radical (unpaired) electrons. The fourth-order valence-corrected chi connectivity index (χ4v) is 7.48. The molecule has 2 aliphatic rings. The lowest BCUT2D eigenvalue weighted by Gasteiger charge is -2.27. The van der Waals surface area contributed by atoms with Gasteiger partial charge in [-0.15, -0.1) is 6.42 Å². The summed E-state index contributed by atoms with van der Waals surface area (Å²) in [6.45, 7) is 11.3. The molecule has 0 aliphatic carbocycles. The van der Waals surface area contributed by atoms with Crippen LogP contribution < -0.4 is 20.1 Å². The van der Waals surface area contributed by atoms with Crippen LogP contribution in [0.15, 0.2) is 92.4 Å². The van der Waals surface area contributed by atoms with Crippen molar-refractivity contribution in [3.8, 4) is 35.9 Å². The first-order chi connectivity index (χ1) is 30.4. The maximum atomic E-state index is 5.68. The van der Waals surface area contributed by atoms with E-state index in [0.29, 0.717) is 36.7 Å². The lowest BCUT2D eigenvalue weighted by atomic mass is 10.1. The number of ether oxygens (including phenoxy) is 2. The van der Waals surface area contributed by atoms with Gasteiger partial charge in [-0.1, -0.05) is 12.0 Å². The Morgan fingerprint density at radius 1 is 0.919 bits per heavy atom. The van der Waals surface area contributed by atoms with Gasteiger partial charge in [0.1, 0.15) is 37.9 Å². The maximum Gasteiger partial charge on any atom is 0.257 e. The van der Waals surface area contributed by atoms with Crippen molar-refractivity contribution in [3.63, 3.8) is 0 Å². The van der Waals surface area contributed by atoms with Crippen LogP contribution in [-0.2, 0) is 13.1 Å². The summed E-state index contributed by atoms with van der Waals surface area (Å²) in [5.74, 6) is 5.19. The van der Waals surface area contributed by atoms with Crippen LogP contribution in [0.1, 0.15) is 65.9 Å². The Bertz CT molecular complexity index is 2580. The molecule has 2 unspecified atom stereocenters. The van der Waals surface area contributed by atoms with E-state index in [9.17, 15) is 0 Å². The fourth-order valence-electron chi connectivity index (χ4n) is 7.48. The first-order valence-electron chi connectivity index (χ1n) is 20.9. The molecule has 9 rings (SSSR count). The Kier molecular flexibility index (Phi) is 13.7. The topological polar surface area (TPSA) is 175 Å². The first kappa shape index (κ1) is 42.0. The molecule has 2 aliphatic heterocycles. The van der Waals surface area contributed by atoms with Gasteiger partial charge < -0.3 is 20.1 Å². The molecule has 6 aromatic heterocycles. The largest absolute Gasteiger partial charge is 0.484 e. The smallest absolute Gasteiger partial charge is 0.257 e. The quantitative estimate of drug-likeness (QED) is 0.110. The number of fused-ring (bicyclic) bond motifs is 2. The number of pyridine rings is 1. The molecule has 1 saturated heterocycles. The molecule has 8 heterocycles. The van der Waals surface area contributed by atoms with E-state index in [4.69, 9.17) is 20.9 Å². The van der Waals surface area contributed by atoms with Gasteiger partial charge in [0.25, 0.3) is 5.88 Å². The van der Waals surface area contributed by atoms with E-state index in [0.717, 1.165) is 98.1 Å². The van der Waals surface area contributed by atoms with E-state index in [2.05, 4.69) is 92.3 Å². The Labute approximate surface area is 361 Å². The minimum atomic E-state index is 0.124. The summed E-state index contributed by atoms with van der Waals surface area (Å²) in [6, 6.07) is 14.5. The number of hydrogen-bond acceptors (Lipinski definition) is 15. The molecule has 62 heavy (non-hydrogen) atoms. The highest BCUT2D eigenvalue weighted by atomic mass is 16.6. The molecule has 0 bridgehead atoms. The van der Waals surface area contributed by atoms with Crippen molar-refractivity contribution in [1.82, 2.24) is 74.4 Å². The number of likely N-dealkylation sites (N-methyl/N-ethyl adjacent to an activating group) is 1. The second kappa shape index (κ2) is 20.2. The third kappa shape index (κ3) is 10.8. The molecule has 2 N–H and O–H groups in total. The Balaban J connectivity index is 0.000000172. The zero-order chi connectivity index (χ0) is 42.7. The van der Waals surface area contributed by atoms with Crippen molar-refractivity contribution in [2.75, 3.05) is 53.0 Å². The number of imidazole rings is 2. The molecule has 2 atom stereocenters. The van der Waals surface area contributed by atoms with Crippen LogP contribution in [0.3, 0.4) is 0 Å². The van der Waals surface area contributed by atoms with Crippen molar-refractivity contribution >= 4 is 10.9 Å². The maximum absolute atomic E-state index is 5.68. The number of nitrogens with zero attached hydrogens (tertiary/aromatic N) is 13. The number of likely N-dealkylation sites (tertiary alicyclic amines) is 1.